The van der Waals surface area contributed by atoms with Crippen molar-refractivity contribution < 1.29 is 23.0 Å². The number of nitrogens with zero attached hydrogens (tertiary/aromatic N) is 2. The van der Waals surface area contributed by atoms with E-state index in [2.05, 4.69) is 4.90 Å². The van der Waals surface area contributed by atoms with Crippen LogP contribution in [0.15, 0.2) is 59.5 Å². The highest BCUT2D eigenvalue weighted by molar-refractivity contribution is 7.90. The molecule has 0 saturated carbocycles. The minimum absolute atomic E-state index is 0.0330. The number of benzene rings is 2. The second-order valence-electron chi connectivity index (χ2n) is 8.44. The van der Waals surface area contributed by atoms with Gasteiger partial charge in [0, 0.05) is 43.1 Å². The first-order valence-corrected chi connectivity index (χ1v) is 12.4. The third-order valence-corrected chi connectivity index (χ3v) is 8.47. The lowest BCUT2D eigenvalue weighted by atomic mass is 9.89. The summed E-state index contributed by atoms with van der Waals surface area (Å²) in [6, 6.07) is 16.0. The number of likely N-dealkylation sites (tertiary alicyclic amines) is 1. The molecule has 8 heteroatoms. The fourth-order valence-electron chi connectivity index (χ4n) is 5.23. The molecule has 0 amide bonds. The van der Waals surface area contributed by atoms with Crippen molar-refractivity contribution in [2.45, 2.75) is 36.5 Å². The molecule has 1 unspecified atom stereocenters. The standard InChI is InChI=1S/C24H28N2O5S/c1-18-23(22-17-24(30-15-16-31-24)11-12-25(22)13-14-27)20-9-5-6-10-21(20)26(18)32(28,29)19-7-3-2-4-8-19/h2-10,22,27H,11-17H2,1H3. The maximum atomic E-state index is 13.7. The molecule has 170 valence electrons. The van der Waals surface area contributed by atoms with Crippen molar-refractivity contribution in [1.82, 2.24) is 8.87 Å². The molecule has 2 aromatic carbocycles. The second kappa shape index (κ2) is 8.28. The first-order valence-electron chi connectivity index (χ1n) is 11.0. The normalized spacial score (nSPS) is 21.5. The highest BCUT2D eigenvalue weighted by Crippen LogP contribution is 2.45. The van der Waals surface area contributed by atoms with Crippen LogP contribution in [-0.2, 0) is 19.5 Å². The van der Waals surface area contributed by atoms with Crippen LogP contribution in [0.2, 0.25) is 0 Å². The number of para-hydroxylation sites is 1. The van der Waals surface area contributed by atoms with Crippen LogP contribution >= 0.6 is 0 Å². The smallest absolute Gasteiger partial charge is 0.268 e. The van der Waals surface area contributed by atoms with Crippen molar-refractivity contribution in [2.24, 2.45) is 0 Å². The number of aromatic nitrogens is 1. The van der Waals surface area contributed by atoms with Gasteiger partial charge in [-0.25, -0.2) is 12.4 Å². The van der Waals surface area contributed by atoms with E-state index in [-0.39, 0.29) is 17.5 Å². The van der Waals surface area contributed by atoms with Crippen molar-refractivity contribution in [2.75, 3.05) is 32.9 Å². The quantitative estimate of drug-likeness (QED) is 0.636. The zero-order chi connectivity index (χ0) is 22.3. The zero-order valence-electron chi connectivity index (χ0n) is 18.1. The number of β-amino-alcohol motifs (C(OH)–C–C–N with tert-alkyl or cyclic N) is 1. The number of ether oxygens (including phenoxy) is 2. The van der Waals surface area contributed by atoms with E-state index in [4.69, 9.17) is 9.47 Å². The largest absolute Gasteiger partial charge is 0.395 e. The molecule has 0 bridgehead atoms. The second-order valence-corrected chi connectivity index (χ2v) is 10.2. The van der Waals surface area contributed by atoms with Crippen LogP contribution in [0.3, 0.4) is 0 Å². The van der Waals surface area contributed by atoms with Gasteiger partial charge in [-0.1, -0.05) is 36.4 Å². The van der Waals surface area contributed by atoms with Gasteiger partial charge in [-0.05, 0) is 30.7 Å². The van der Waals surface area contributed by atoms with E-state index in [0.717, 1.165) is 17.4 Å². The lowest BCUT2D eigenvalue weighted by molar-refractivity contribution is -0.198. The van der Waals surface area contributed by atoms with Gasteiger partial charge in [-0.2, -0.15) is 0 Å². The molecule has 0 radical (unpaired) electrons. The fraction of sp³-hybridized carbons (Fsp3) is 0.417. The van der Waals surface area contributed by atoms with Gasteiger partial charge in [0.05, 0.1) is 30.2 Å². The Balaban J connectivity index is 1.70. The number of aliphatic hydroxyl groups is 1. The van der Waals surface area contributed by atoms with E-state index < -0.39 is 15.8 Å². The van der Waals surface area contributed by atoms with Gasteiger partial charge in [0.2, 0.25) is 0 Å². The van der Waals surface area contributed by atoms with E-state index in [0.29, 0.717) is 43.9 Å². The Morgan fingerprint density at radius 3 is 2.47 bits per heavy atom. The summed E-state index contributed by atoms with van der Waals surface area (Å²) in [5.74, 6) is -0.648. The summed E-state index contributed by atoms with van der Waals surface area (Å²) in [5, 5.41) is 10.6. The van der Waals surface area contributed by atoms with Gasteiger partial charge in [0.15, 0.2) is 5.79 Å². The third-order valence-electron chi connectivity index (χ3n) is 6.65. The Kier molecular flexibility index (Phi) is 5.59. The van der Waals surface area contributed by atoms with Gasteiger partial charge in [0.25, 0.3) is 10.0 Å². The maximum Gasteiger partial charge on any atom is 0.268 e. The van der Waals surface area contributed by atoms with Gasteiger partial charge in [-0.3, -0.25) is 4.90 Å². The Morgan fingerprint density at radius 2 is 1.75 bits per heavy atom. The van der Waals surface area contributed by atoms with Gasteiger partial charge >= 0.3 is 0 Å². The van der Waals surface area contributed by atoms with E-state index in [1.165, 1.54) is 3.97 Å². The lowest BCUT2D eigenvalue weighted by Gasteiger charge is -2.43. The van der Waals surface area contributed by atoms with Gasteiger partial charge in [-0.15, -0.1) is 0 Å². The number of hydrogen-bond donors (Lipinski definition) is 1. The van der Waals surface area contributed by atoms with Crippen molar-refractivity contribution in [1.29, 1.82) is 0 Å². The van der Waals surface area contributed by atoms with Crippen molar-refractivity contribution in [3.05, 3.63) is 65.9 Å². The van der Waals surface area contributed by atoms with Gasteiger partial charge < -0.3 is 14.6 Å². The van der Waals surface area contributed by atoms with E-state index >= 15 is 0 Å². The Bertz CT molecular complexity index is 1220. The summed E-state index contributed by atoms with van der Waals surface area (Å²) in [6.45, 7) is 4.24. The van der Waals surface area contributed by atoms with E-state index in [9.17, 15) is 13.5 Å². The van der Waals surface area contributed by atoms with Crippen LogP contribution in [0.4, 0.5) is 0 Å². The molecule has 2 fully saturated rings. The van der Waals surface area contributed by atoms with Gasteiger partial charge in [0.1, 0.15) is 0 Å². The predicted octanol–water partition coefficient (Wildman–Crippen LogP) is 3.06. The molecule has 2 aliphatic heterocycles. The van der Waals surface area contributed by atoms with Crippen molar-refractivity contribution >= 4 is 20.9 Å². The molecule has 1 N–H and O–H groups in total. The zero-order valence-corrected chi connectivity index (χ0v) is 18.9. The molecule has 0 aliphatic carbocycles. The van der Waals surface area contributed by atoms with Crippen molar-refractivity contribution in [3.8, 4) is 0 Å². The highest BCUT2D eigenvalue weighted by Gasteiger charge is 2.46. The molecule has 3 heterocycles. The summed E-state index contributed by atoms with van der Waals surface area (Å²) in [7, 11) is -3.79. The molecular formula is C24H28N2O5S. The first kappa shape index (κ1) is 21.6. The number of fused-ring (bicyclic) bond motifs is 1. The Labute approximate surface area is 188 Å². The molecule has 2 saturated heterocycles. The summed E-state index contributed by atoms with van der Waals surface area (Å²) in [4.78, 5) is 2.47. The average Bonchev–Trinajstić information content (AvgIpc) is 3.37. The number of hydrogen-bond acceptors (Lipinski definition) is 6. The van der Waals surface area contributed by atoms with E-state index in [1.807, 2.05) is 31.2 Å². The van der Waals surface area contributed by atoms with Crippen LogP contribution in [0.5, 0.6) is 0 Å². The minimum Gasteiger partial charge on any atom is -0.395 e. The average molecular weight is 457 g/mol. The minimum atomic E-state index is -3.79. The fourth-order valence-corrected chi connectivity index (χ4v) is 6.82. The van der Waals surface area contributed by atoms with Crippen LogP contribution in [0.25, 0.3) is 10.9 Å². The topological polar surface area (TPSA) is 81.0 Å². The molecular weight excluding hydrogens is 428 g/mol. The maximum absolute atomic E-state index is 13.7. The van der Waals surface area contributed by atoms with E-state index in [1.54, 1.807) is 30.3 Å². The molecule has 3 aromatic rings. The number of rotatable bonds is 5. The van der Waals surface area contributed by atoms with Crippen LogP contribution in [-0.4, -0.2) is 61.1 Å². The van der Waals surface area contributed by atoms with Crippen LogP contribution in [0, 0.1) is 6.92 Å². The molecule has 7 nitrogen and oxygen atoms in total. The molecule has 2 aliphatic rings. The summed E-state index contributed by atoms with van der Waals surface area (Å²) >= 11 is 0. The lowest BCUT2D eigenvalue weighted by Crippen LogP contribution is -2.47. The monoisotopic (exact) mass is 456 g/mol. The molecule has 5 rings (SSSR count). The summed E-state index contributed by atoms with van der Waals surface area (Å²) in [6.07, 6.45) is 1.32. The van der Waals surface area contributed by atoms with Crippen LogP contribution in [0.1, 0.15) is 30.1 Å². The number of aliphatic hydroxyl groups excluding tert-OH is 1. The SMILES string of the molecule is Cc1c(C2CC3(CCN2CCO)OCCO3)c2ccccc2n1S(=O)(=O)c1ccccc1. The van der Waals surface area contributed by atoms with Crippen LogP contribution < -0.4 is 0 Å². The molecule has 1 atom stereocenters. The Morgan fingerprint density at radius 1 is 1.06 bits per heavy atom. The predicted molar refractivity (Wildman–Crippen MR) is 121 cm³/mol. The molecule has 1 spiro atoms. The summed E-state index contributed by atoms with van der Waals surface area (Å²) in [5.41, 5.74) is 2.28. The summed E-state index contributed by atoms with van der Waals surface area (Å²) < 4.78 is 40.9. The number of piperidine rings is 1. The van der Waals surface area contributed by atoms with Crippen molar-refractivity contribution in [3.63, 3.8) is 0 Å². The first-order chi connectivity index (χ1) is 15.5. The third kappa shape index (κ3) is 3.47. The molecule has 1 aromatic heterocycles. The molecule has 32 heavy (non-hydrogen) atoms. The Hall–Kier alpha value is -2.23. The highest BCUT2D eigenvalue weighted by atomic mass is 32.2.